The van der Waals surface area contributed by atoms with Crippen LogP contribution in [0, 0.1) is 0 Å². The van der Waals surface area contributed by atoms with Gasteiger partial charge < -0.3 is 16.0 Å². The van der Waals surface area contributed by atoms with Gasteiger partial charge in [0, 0.05) is 32.4 Å². The van der Waals surface area contributed by atoms with Crippen molar-refractivity contribution < 1.29 is 0 Å². The zero-order valence-corrected chi connectivity index (χ0v) is 9.65. The fraction of sp³-hybridized carbons (Fsp3) is 0.333. The highest BCUT2D eigenvalue weighted by molar-refractivity contribution is 5.79. The summed E-state index contributed by atoms with van der Waals surface area (Å²) in [6, 6.07) is 4.13. The minimum Gasteiger partial charge on any atom is -0.388 e. The van der Waals surface area contributed by atoms with Gasteiger partial charge in [-0.3, -0.25) is 0 Å². The van der Waals surface area contributed by atoms with Crippen LogP contribution in [0.4, 0.5) is 17.1 Å². The molecule has 0 saturated heterocycles. The van der Waals surface area contributed by atoms with E-state index in [0.29, 0.717) is 0 Å². The number of hydrogen-bond acceptors (Lipinski definition) is 3. The van der Waals surface area contributed by atoms with E-state index >= 15 is 0 Å². The molecular formula is C12H19N3. The molecule has 0 spiro atoms. The lowest BCUT2D eigenvalue weighted by atomic mass is 10.0. The molecule has 0 aromatic heterocycles. The van der Waals surface area contributed by atoms with Crippen LogP contribution in [-0.2, 0) is 6.42 Å². The Morgan fingerprint density at radius 3 is 2.13 bits per heavy atom. The SMILES string of the molecule is C=CCc1c(NC)ccc(NC)c1NC. The fourth-order valence-corrected chi connectivity index (χ4v) is 1.73. The molecule has 3 nitrogen and oxygen atoms in total. The maximum absolute atomic E-state index is 3.79. The lowest BCUT2D eigenvalue weighted by Crippen LogP contribution is -2.04. The molecule has 1 aromatic rings. The van der Waals surface area contributed by atoms with Gasteiger partial charge in [0.1, 0.15) is 0 Å². The Morgan fingerprint density at radius 2 is 1.67 bits per heavy atom. The highest BCUT2D eigenvalue weighted by Gasteiger charge is 2.09. The maximum Gasteiger partial charge on any atom is 0.0629 e. The molecule has 0 amide bonds. The predicted molar refractivity (Wildman–Crippen MR) is 69.0 cm³/mol. The van der Waals surface area contributed by atoms with Gasteiger partial charge in [-0.25, -0.2) is 0 Å². The van der Waals surface area contributed by atoms with Crippen molar-refractivity contribution in [2.24, 2.45) is 0 Å². The summed E-state index contributed by atoms with van der Waals surface area (Å²) in [4.78, 5) is 0. The molecule has 0 radical (unpaired) electrons. The fourth-order valence-electron chi connectivity index (χ4n) is 1.73. The number of anilines is 3. The Hall–Kier alpha value is -1.64. The van der Waals surface area contributed by atoms with Crippen molar-refractivity contribution in [3.63, 3.8) is 0 Å². The Labute approximate surface area is 91.6 Å². The quantitative estimate of drug-likeness (QED) is 0.646. The van der Waals surface area contributed by atoms with Gasteiger partial charge in [0.2, 0.25) is 0 Å². The highest BCUT2D eigenvalue weighted by Crippen LogP contribution is 2.32. The van der Waals surface area contributed by atoms with Crippen molar-refractivity contribution in [2.45, 2.75) is 6.42 Å². The maximum atomic E-state index is 3.79. The molecular weight excluding hydrogens is 186 g/mol. The Kier molecular flexibility index (Phi) is 4.03. The average molecular weight is 205 g/mol. The van der Waals surface area contributed by atoms with E-state index in [1.54, 1.807) is 0 Å². The van der Waals surface area contributed by atoms with Gasteiger partial charge in [0.05, 0.1) is 11.4 Å². The molecule has 15 heavy (non-hydrogen) atoms. The first-order valence-electron chi connectivity index (χ1n) is 5.08. The average Bonchev–Trinajstić information content (AvgIpc) is 2.28. The number of nitrogens with one attached hydrogen (secondary N) is 3. The van der Waals surface area contributed by atoms with E-state index in [2.05, 4.69) is 34.7 Å². The second-order valence-corrected chi connectivity index (χ2v) is 3.26. The van der Waals surface area contributed by atoms with Crippen LogP contribution in [-0.4, -0.2) is 21.1 Å². The molecule has 0 bridgehead atoms. The van der Waals surface area contributed by atoms with Gasteiger partial charge in [-0.15, -0.1) is 6.58 Å². The number of benzene rings is 1. The van der Waals surface area contributed by atoms with Crippen LogP contribution in [0.3, 0.4) is 0 Å². The molecule has 3 N–H and O–H groups in total. The molecule has 1 rings (SSSR count). The van der Waals surface area contributed by atoms with E-state index in [1.807, 2.05) is 27.2 Å². The summed E-state index contributed by atoms with van der Waals surface area (Å²) in [5, 5.41) is 9.59. The summed E-state index contributed by atoms with van der Waals surface area (Å²) in [7, 11) is 5.79. The lowest BCUT2D eigenvalue weighted by Gasteiger charge is -2.17. The molecule has 0 aliphatic rings. The van der Waals surface area contributed by atoms with Crippen molar-refractivity contribution in [1.29, 1.82) is 0 Å². The van der Waals surface area contributed by atoms with Crippen LogP contribution in [0.15, 0.2) is 24.8 Å². The van der Waals surface area contributed by atoms with Crippen LogP contribution >= 0.6 is 0 Å². The molecule has 0 aliphatic carbocycles. The Bertz CT molecular complexity index is 345. The third-order valence-electron chi connectivity index (χ3n) is 2.45. The van der Waals surface area contributed by atoms with Crippen LogP contribution < -0.4 is 16.0 Å². The smallest absolute Gasteiger partial charge is 0.0629 e. The molecule has 0 fully saturated rings. The van der Waals surface area contributed by atoms with E-state index < -0.39 is 0 Å². The normalized spacial score (nSPS) is 9.53. The third-order valence-corrected chi connectivity index (χ3v) is 2.45. The summed E-state index contributed by atoms with van der Waals surface area (Å²) in [5.41, 5.74) is 4.61. The summed E-state index contributed by atoms with van der Waals surface area (Å²) >= 11 is 0. The summed E-state index contributed by atoms with van der Waals surface area (Å²) < 4.78 is 0. The zero-order valence-electron chi connectivity index (χ0n) is 9.65. The van der Waals surface area contributed by atoms with Crippen LogP contribution in [0.5, 0.6) is 0 Å². The molecule has 3 heteroatoms. The third kappa shape index (κ3) is 2.24. The summed E-state index contributed by atoms with van der Waals surface area (Å²) in [6.45, 7) is 3.79. The number of allylic oxidation sites excluding steroid dienone is 1. The molecule has 0 heterocycles. The van der Waals surface area contributed by atoms with Gasteiger partial charge in [-0.05, 0) is 18.6 Å². The van der Waals surface area contributed by atoms with Crippen molar-refractivity contribution in [3.05, 3.63) is 30.4 Å². The van der Waals surface area contributed by atoms with Gasteiger partial charge in [-0.1, -0.05) is 6.08 Å². The van der Waals surface area contributed by atoms with E-state index in [4.69, 9.17) is 0 Å². The summed E-state index contributed by atoms with van der Waals surface area (Å²) in [5.74, 6) is 0. The first-order valence-corrected chi connectivity index (χ1v) is 5.08. The van der Waals surface area contributed by atoms with Crippen LogP contribution in [0.2, 0.25) is 0 Å². The van der Waals surface area contributed by atoms with E-state index in [9.17, 15) is 0 Å². The lowest BCUT2D eigenvalue weighted by molar-refractivity contribution is 1.25. The van der Waals surface area contributed by atoms with Crippen molar-refractivity contribution in [2.75, 3.05) is 37.1 Å². The first kappa shape index (κ1) is 11.4. The van der Waals surface area contributed by atoms with E-state index in [0.717, 1.165) is 23.5 Å². The van der Waals surface area contributed by atoms with Crippen molar-refractivity contribution in [1.82, 2.24) is 0 Å². The van der Waals surface area contributed by atoms with Crippen molar-refractivity contribution >= 4 is 17.1 Å². The van der Waals surface area contributed by atoms with Crippen molar-refractivity contribution in [3.8, 4) is 0 Å². The monoisotopic (exact) mass is 205 g/mol. The van der Waals surface area contributed by atoms with Gasteiger partial charge >= 0.3 is 0 Å². The molecule has 0 aliphatic heterocycles. The number of rotatable bonds is 5. The zero-order chi connectivity index (χ0) is 11.3. The van der Waals surface area contributed by atoms with Gasteiger partial charge in [0.15, 0.2) is 0 Å². The Morgan fingerprint density at radius 1 is 1.07 bits per heavy atom. The molecule has 0 atom stereocenters. The standard InChI is InChI=1S/C12H19N3/c1-5-6-9-10(13-2)7-8-11(14-3)12(9)15-4/h5,7-8,13-15H,1,6H2,2-4H3. The van der Waals surface area contributed by atoms with E-state index in [1.165, 1.54) is 5.56 Å². The van der Waals surface area contributed by atoms with Gasteiger partial charge in [-0.2, -0.15) is 0 Å². The molecule has 0 unspecified atom stereocenters. The predicted octanol–water partition coefficient (Wildman–Crippen LogP) is 2.54. The topological polar surface area (TPSA) is 36.1 Å². The highest BCUT2D eigenvalue weighted by atomic mass is 14.9. The largest absolute Gasteiger partial charge is 0.388 e. The van der Waals surface area contributed by atoms with Crippen LogP contribution in [0.1, 0.15) is 5.56 Å². The second-order valence-electron chi connectivity index (χ2n) is 3.26. The van der Waals surface area contributed by atoms with Crippen LogP contribution in [0.25, 0.3) is 0 Å². The molecule has 0 saturated carbocycles. The Balaban J connectivity index is 3.29. The minimum absolute atomic E-state index is 0.849. The molecule has 1 aromatic carbocycles. The number of hydrogen-bond donors (Lipinski definition) is 3. The molecule has 82 valence electrons. The second kappa shape index (κ2) is 5.29. The van der Waals surface area contributed by atoms with Gasteiger partial charge in [0.25, 0.3) is 0 Å². The minimum atomic E-state index is 0.849. The van der Waals surface area contributed by atoms with E-state index in [-0.39, 0.29) is 0 Å². The first-order chi connectivity index (χ1) is 7.28. The summed E-state index contributed by atoms with van der Waals surface area (Å²) in [6.07, 6.45) is 2.76.